The number of rotatable bonds is 1. The van der Waals surface area contributed by atoms with E-state index in [2.05, 4.69) is 73.7 Å². The molecule has 2 unspecified atom stereocenters. The lowest BCUT2D eigenvalue weighted by atomic mass is 9.85. The monoisotopic (exact) mass is 258 g/mol. The molecule has 0 heteroatoms. The first-order valence-corrected chi connectivity index (χ1v) is 7.37. The smallest absolute Gasteiger partial charge is 0.00961 e. The van der Waals surface area contributed by atoms with E-state index in [-0.39, 0.29) is 0 Å². The molecule has 2 aliphatic rings. The topological polar surface area (TPSA) is 0 Å². The molecule has 0 bridgehead atoms. The van der Waals surface area contributed by atoms with Gasteiger partial charge in [0.2, 0.25) is 0 Å². The van der Waals surface area contributed by atoms with Crippen LogP contribution >= 0.6 is 0 Å². The molecule has 20 heavy (non-hydrogen) atoms. The van der Waals surface area contributed by atoms with Gasteiger partial charge in [0.1, 0.15) is 0 Å². The SMILES string of the molecule is Cc1ccc(-c2cccc3c2C2C=CC=CC2C3)cc1. The fraction of sp³-hybridized carbons (Fsp3) is 0.200. The second kappa shape index (κ2) is 4.49. The summed E-state index contributed by atoms with van der Waals surface area (Å²) in [5.41, 5.74) is 7.14. The van der Waals surface area contributed by atoms with Crippen LogP contribution in [0.1, 0.15) is 22.6 Å². The van der Waals surface area contributed by atoms with E-state index < -0.39 is 0 Å². The van der Waals surface area contributed by atoms with Gasteiger partial charge >= 0.3 is 0 Å². The van der Waals surface area contributed by atoms with Crippen molar-refractivity contribution in [2.45, 2.75) is 19.3 Å². The van der Waals surface area contributed by atoms with Crippen LogP contribution in [0.25, 0.3) is 11.1 Å². The third-order valence-corrected chi connectivity index (χ3v) is 4.60. The second-order valence-corrected chi connectivity index (χ2v) is 5.91. The summed E-state index contributed by atoms with van der Waals surface area (Å²) in [6, 6.07) is 15.7. The Morgan fingerprint density at radius 1 is 0.900 bits per heavy atom. The van der Waals surface area contributed by atoms with Crippen LogP contribution in [-0.2, 0) is 6.42 Å². The van der Waals surface area contributed by atoms with Crippen molar-refractivity contribution >= 4 is 0 Å². The molecule has 0 saturated carbocycles. The van der Waals surface area contributed by atoms with Gasteiger partial charge in [-0.05, 0) is 41.5 Å². The molecule has 0 amide bonds. The van der Waals surface area contributed by atoms with Crippen molar-refractivity contribution in [2.75, 3.05) is 0 Å². The highest BCUT2D eigenvalue weighted by atomic mass is 14.4. The molecule has 2 aromatic carbocycles. The Labute approximate surface area is 120 Å². The molecule has 2 aliphatic carbocycles. The first-order valence-electron chi connectivity index (χ1n) is 7.37. The lowest BCUT2D eigenvalue weighted by molar-refractivity contribution is 0.630. The standard InChI is InChI=1S/C20H18/c1-14-9-11-15(12-10-14)18-8-4-6-17-13-16-5-2-3-7-19(16)20(17)18/h2-12,16,19H,13H2,1H3. The zero-order chi connectivity index (χ0) is 13.5. The fourth-order valence-corrected chi connectivity index (χ4v) is 3.58. The lowest BCUT2D eigenvalue weighted by Gasteiger charge is -2.18. The minimum atomic E-state index is 0.563. The quantitative estimate of drug-likeness (QED) is 0.672. The van der Waals surface area contributed by atoms with Gasteiger partial charge in [-0.15, -0.1) is 0 Å². The number of hydrogen-bond donors (Lipinski definition) is 0. The molecule has 0 heterocycles. The molecule has 0 aliphatic heterocycles. The number of benzene rings is 2. The number of fused-ring (bicyclic) bond motifs is 3. The summed E-state index contributed by atoms with van der Waals surface area (Å²) >= 11 is 0. The summed E-state index contributed by atoms with van der Waals surface area (Å²) < 4.78 is 0. The highest BCUT2D eigenvalue weighted by molar-refractivity contribution is 5.72. The van der Waals surface area contributed by atoms with Crippen molar-refractivity contribution in [3.63, 3.8) is 0 Å². The molecule has 98 valence electrons. The van der Waals surface area contributed by atoms with Gasteiger partial charge in [-0.2, -0.15) is 0 Å². The first kappa shape index (κ1) is 11.7. The molecule has 0 radical (unpaired) electrons. The maximum Gasteiger partial charge on any atom is 0.00961 e. The van der Waals surface area contributed by atoms with Crippen LogP contribution in [0, 0.1) is 12.8 Å². The van der Waals surface area contributed by atoms with Gasteiger partial charge in [-0.1, -0.05) is 72.3 Å². The van der Waals surface area contributed by atoms with Crippen molar-refractivity contribution in [3.05, 3.63) is 83.5 Å². The Hall–Kier alpha value is -2.08. The zero-order valence-corrected chi connectivity index (χ0v) is 11.7. The van der Waals surface area contributed by atoms with Crippen molar-refractivity contribution in [2.24, 2.45) is 5.92 Å². The van der Waals surface area contributed by atoms with Crippen LogP contribution in [0.5, 0.6) is 0 Å². The summed E-state index contributed by atoms with van der Waals surface area (Å²) in [5, 5.41) is 0. The molecular formula is C20H18. The van der Waals surface area contributed by atoms with Gasteiger partial charge in [0, 0.05) is 5.92 Å². The van der Waals surface area contributed by atoms with Gasteiger partial charge in [0.15, 0.2) is 0 Å². The molecule has 0 nitrogen and oxygen atoms in total. The van der Waals surface area contributed by atoms with E-state index in [1.165, 1.54) is 28.7 Å². The summed E-state index contributed by atoms with van der Waals surface area (Å²) in [7, 11) is 0. The maximum atomic E-state index is 2.37. The Kier molecular flexibility index (Phi) is 2.63. The zero-order valence-electron chi connectivity index (χ0n) is 11.7. The summed E-state index contributed by atoms with van der Waals surface area (Å²) in [4.78, 5) is 0. The third-order valence-electron chi connectivity index (χ3n) is 4.60. The van der Waals surface area contributed by atoms with Gasteiger partial charge < -0.3 is 0 Å². The van der Waals surface area contributed by atoms with E-state index in [4.69, 9.17) is 0 Å². The minimum absolute atomic E-state index is 0.563. The van der Waals surface area contributed by atoms with E-state index in [0.29, 0.717) is 11.8 Å². The van der Waals surface area contributed by atoms with Crippen LogP contribution in [0.4, 0.5) is 0 Å². The maximum absolute atomic E-state index is 2.37. The molecule has 0 spiro atoms. The van der Waals surface area contributed by atoms with Gasteiger partial charge in [0.25, 0.3) is 0 Å². The fourth-order valence-electron chi connectivity index (χ4n) is 3.58. The normalized spacial score (nSPS) is 22.6. The number of aryl methyl sites for hydroxylation is 1. The molecule has 0 saturated heterocycles. The summed E-state index contributed by atoms with van der Waals surface area (Å²) in [6.07, 6.45) is 10.3. The Morgan fingerprint density at radius 3 is 2.55 bits per heavy atom. The molecule has 0 fully saturated rings. The Bertz CT molecular complexity index is 701. The van der Waals surface area contributed by atoms with Crippen LogP contribution in [0.15, 0.2) is 66.8 Å². The van der Waals surface area contributed by atoms with Crippen molar-refractivity contribution in [3.8, 4) is 11.1 Å². The predicted octanol–water partition coefficient (Wildman–Crippen LogP) is 5.04. The van der Waals surface area contributed by atoms with E-state index in [0.717, 1.165) is 0 Å². The van der Waals surface area contributed by atoms with Gasteiger partial charge in [0.05, 0.1) is 0 Å². The van der Waals surface area contributed by atoms with Crippen LogP contribution in [-0.4, -0.2) is 0 Å². The van der Waals surface area contributed by atoms with Crippen LogP contribution in [0.2, 0.25) is 0 Å². The van der Waals surface area contributed by atoms with Crippen LogP contribution in [0.3, 0.4) is 0 Å². The Morgan fingerprint density at radius 2 is 1.70 bits per heavy atom. The largest absolute Gasteiger partial charge is 0.0802 e. The number of hydrogen-bond acceptors (Lipinski definition) is 0. The molecular weight excluding hydrogens is 240 g/mol. The molecule has 2 aromatic rings. The highest BCUT2D eigenvalue weighted by Gasteiger charge is 2.32. The van der Waals surface area contributed by atoms with E-state index in [9.17, 15) is 0 Å². The summed E-state index contributed by atoms with van der Waals surface area (Å²) in [6.45, 7) is 2.14. The minimum Gasteiger partial charge on any atom is -0.0802 e. The van der Waals surface area contributed by atoms with Gasteiger partial charge in [-0.3, -0.25) is 0 Å². The van der Waals surface area contributed by atoms with E-state index in [1.807, 2.05) is 0 Å². The molecule has 4 rings (SSSR count). The second-order valence-electron chi connectivity index (χ2n) is 5.91. The average molecular weight is 258 g/mol. The first-order chi connectivity index (χ1) is 9.83. The molecule has 2 atom stereocenters. The predicted molar refractivity (Wildman–Crippen MR) is 84.8 cm³/mol. The molecule has 0 N–H and O–H groups in total. The molecule has 0 aromatic heterocycles. The third kappa shape index (κ3) is 1.76. The number of allylic oxidation sites excluding steroid dienone is 4. The van der Waals surface area contributed by atoms with Crippen LogP contribution < -0.4 is 0 Å². The average Bonchev–Trinajstić information content (AvgIpc) is 2.86. The highest BCUT2D eigenvalue weighted by Crippen LogP contribution is 2.45. The van der Waals surface area contributed by atoms with Crippen molar-refractivity contribution in [1.82, 2.24) is 0 Å². The van der Waals surface area contributed by atoms with Gasteiger partial charge in [-0.25, -0.2) is 0 Å². The van der Waals surface area contributed by atoms with Crippen molar-refractivity contribution in [1.29, 1.82) is 0 Å². The lowest BCUT2D eigenvalue weighted by Crippen LogP contribution is -2.05. The van der Waals surface area contributed by atoms with Crippen molar-refractivity contribution < 1.29 is 0 Å². The van der Waals surface area contributed by atoms with E-state index >= 15 is 0 Å². The Balaban J connectivity index is 1.88. The van der Waals surface area contributed by atoms with E-state index in [1.54, 1.807) is 5.56 Å². The summed E-state index contributed by atoms with van der Waals surface area (Å²) in [5.74, 6) is 1.22.